The van der Waals surface area contributed by atoms with Crippen molar-refractivity contribution in [3.63, 3.8) is 0 Å². The van der Waals surface area contributed by atoms with Crippen LogP contribution < -0.4 is 15.0 Å². The average molecular weight is 352 g/mol. The Kier molecular flexibility index (Phi) is 4.27. The lowest BCUT2D eigenvalue weighted by Crippen LogP contribution is -2.16. The molecule has 0 radical (unpaired) electrons. The highest BCUT2D eigenvalue weighted by molar-refractivity contribution is 5.69. The third kappa shape index (κ3) is 3.37. The Morgan fingerprint density at radius 3 is 2.96 bits per heavy atom. The van der Waals surface area contributed by atoms with Crippen LogP contribution in [0.2, 0.25) is 0 Å². The van der Waals surface area contributed by atoms with E-state index < -0.39 is 0 Å². The third-order valence-corrected chi connectivity index (χ3v) is 4.06. The molecule has 7 nitrogen and oxygen atoms in total. The first-order valence-electron chi connectivity index (χ1n) is 8.20. The van der Waals surface area contributed by atoms with E-state index in [4.69, 9.17) is 14.2 Å². The number of carbonyl (C=O) groups excluding carboxylic acids is 1. The van der Waals surface area contributed by atoms with Gasteiger partial charge in [-0.2, -0.15) is 0 Å². The second kappa shape index (κ2) is 6.87. The van der Waals surface area contributed by atoms with Crippen LogP contribution in [0.3, 0.4) is 0 Å². The molecule has 0 spiro atoms. The van der Waals surface area contributed by atoms with Crippen LogP contribution in [0, 0.1) is 0 Å². The summed E-state index contributed by atoms with van der Waals surface area (Å²) in [5, 5.41) is 0. The Labute approximate surface area is 148 Å². The number of nitrogens with zero attached hydrogens (tertiary/aromatic N) is 2. The molecule has 3 aromatic rings. The van der Waals surface area contributed by atoms with E-state index in [0.29, 0.717) is 29.3 Å². The van der Waals surface area contributed by atoms with Gasteiger partial charge in [0.15, 0.2) is 11.5 Å². The Morgan fingerprint density at radius 1 is 1.15 bits per heavy atom. The van der Waals surface area contributed by atoms with E-state index in [-0.39, 0.29) is 31.3 Å². The van der Waals surface area contributed by atoms with Crippen molar-refractivity contribution in [2.45, 2.75) is 19.4 Å². The number of fused-ring (bicyclic) bond motifs is 2. The van der Waals surface area contributed by atoms with Gasteiger partial charge in [0.1, 0.15) is 12.3 Å². The molecule has 0 saturated carbocycles. The smallest absolute Gasteiger partial charge is 0.306 e. The van der Waals surface area contributed by atoms with Crippen molar-refractivity contribution in [3.05, 3.63) is 70.3 Å². The molecule has 0 N–H and O–H groups in total. The predicted octanol–water partition coefficient (Wildman–Crippen LogP) is 2.10. The van der Waals surface area contributed by atoms with E-state index in [0.717, 1.165) is 5.56 Å². The van der Waals surface area contributed by atoms with Gasteiger partial charge in [-0.1, -0.05) is 12.1 Å². The molecule has 4 rings (SSSR count). The predicted molar refractivity (Wildman–Crippen MR) is 92.1 cm³/mol. The van der Waals surface area contributed by atoms with Crippen molar-refractivity contribution in [3.8, 4) is 11.5 Å². The van der Waals surface area contributed by atoms with E-state index in [1.54, 1.807) is 24.4 Å². The molecular formula is C19H16N2O5. The normalized spacial score (nSPS) is 12.3. The third-order valence-electron chi connectivity index (χ3n) is 4.06. The molecule has 0 saturated heterocycles. The highest BCUT2D eigenvalue weighted by atomic mass is 16.7. The Balaban J connectivity index is 1.35. The number of carbonyl (C=O) groups is 1. The Bertz CT molecular complexity index is 1030. The van der Waals surface area contributed by atoms with Gasteiger partial charge < -0.3 is 14.2 Å². The summed E-state index contributed by atoms with van der Waals surface area (Å²) in [6.07, 6.45) is 2.40. The van der Waals surface area contributed by atoms with Crippen molar-refractivity contribution in [2.24, 2.45) is 0 Å². The number of aromatic nitrogens is 2. The van der Waals surface area contributed by atoms with E-state index in [9.17, 15) is 9.59 Å². The van der Waals surface area contributed by atoms with Crippen LogP contribution in [0.25, 0.3) is 5.65 Å². The van der Waals surface area contributed by atoms with Crippen LogP contribution in [0.5, 0.6) is 11.5 Å². The van der Waals surface area contributed by atoms with Gasteiger partial charge in [-0.05, 0) is 36.2 Å². The zero-order valence-corrected chi connectivity index (χ0v) is 13.9. The number of aryl methyl sites for hydroxylation is 1. The van der Waals surface area contributed by atoms with Crippen molar-refractivity contribution in [1.29, 1.82) is 0 Å². The van der Waals surface area contributed by atoms with Gasteiger partial charge >= 0.3 is 5.97 Å². The van der Waals surface area contributed by atoms with Crippen LogP contribution in [0.1, 0.15) is 17.7 Å². The van der Waals surface area contributed by atoms with Gasteiger partial charge in [-0.3, -0.25) is 14.0 Å². The molecule has 0 atom stereocenters. The van der Waals surface area contributed by atoms with E-state index in [1.807, 2.05) is 18.2 Å². The molecule has 3 heterocycles. The molecule has 0 bridgehead atoms. The molecular weight excluding hydrogens is 336 g/mol. The fraction of sp³-hybridized carbons (Fsp3) is 0.211. The number of pyridine rings is 1. The minimum atomic E-state index is -0.349. The largest absolute Gasteiger partial charge is 0.459 e. The zero-order valence-electron chi connectivity index (χ0n) is 13.9. The molecule has 1 aromatic carbocycles. The SMILES string of the molecule is O=C(CCc1ccc2c(c1)OCO2)OCc1cc(=O)n2ccccc2n1. The fourth-order valence-corrected chi connectivity index (χ4v) is 2.75. The molecule has 26 heavy (non-hydrogen) atoms. The van der Waals surface area contributed by atoms with Gasteiger partial charge in [-0.15, -0.1) is 0 Å². The maximum absolute atomic E-state index is 12.0. The lowest BCUT2D eigenvalue weighted by Gasteiger charge is -2.06. The van der Waals surface area contributed by atoms with Crippen molar-refractivity contribution >= 4 is 11.6 Å². The van der Waals surface area contributed by atoms with Crippen LogP contribution in [0.4, 0.5) is 0 Å². The molecule has 0 amide bonds. The summed E-state index contributed by atoms with van der Waals surface area (Å²) in [5.41, 5.74) is 1.71. The van der Waals surface area contributed by atoms with Crippen LogP contribution in [-0.2, 0) is 22.6 Å². The average Bonchev–Trinajstić information content (AvgIpc) is 3.12. The van der Waals surface area contributed by atoms with Crippen molar-refractivity contribution in [1.82, 2.24) is 9.38 Å². The van der Waals surface area contributed by atoms with Gasteiger partial charge in [0.25, 0.3) is 5.56 Å². The van der Waals surface area contributed by atoms with E-state index in [1.165, 1.54) is 10.5 Å². The molecule has 2 aromatic heterocycles. The maximum Gasteiger partial charge on any atom is 0.306 e. The van der Waals surface area contributed by atoms with Crippen molar-refractivity contribution in [2.75, 3.05) is 6.79 Å². The topological polar surface area (TPSA) is 79.1 Å². The second-order valence-electron chi connectivity index (χ2n) is 5.86. The fourth-order valence-electron chi connectivity index (χ4n) is 2.75. The summed E-state index contributed by atoms with van der Waals surface area (Å²) in [7, 11) is 0. The number of ether oxygens (including phenoxy) is 3. The first-order valence-corrected chi connectivity index (χ1v) is 8.20. The zero-order chi connectivity index (χ0) is 17.9. The lowest BCUT2D eigenvalue weighted by atomic mass is 10.1. The van der Waals surface area contributed by atoms with Crippen LogP contribution in [0.15, 0.2) is 53.5 Å². The number of hydrogen-bond acceptors (Lipinski definition) is 6. The quantitative estimate of drug-likeness (QED) is 0.654. The minimum Gasteiger partial charge on any atom is -0.459 e. The van der Waals surface area contributed by atoms with Crippen LogP contribution >= 0.6 is 0 Å². The van der Waals surface area contributed by atoms with Crippen molar-refractivity contribution < 1.29 is 19.0 Å². The lowest BCUT2D eigenvalue weighted by molar-refractivity contribution is -0.145. The van der Waals surface area contributed by atoms with E-state index >= 15 is 0 Å². The molecule has 132 valence electrons. The summed E-state index contributed by atoms with van der Waals surface area (Å²) in [5.74, 6) is 1.06. The number of benzene rings is 1. The van der Waals surface area contributed by atoms with Gasteiger partial charge in [0.05, 0.1) is 5.69 Å². The standard InChI is InChI=1S/C19H16N2O5/c22-18-10-14(20-17-3-1-2-8-21(17)18)11-24-19(23)7-5-13-4-6-15-16(9-13)26-12-25-15/h1-4,6,8-10H,5,7,11-12H2. The molecule has 0 fully saturated rings. The Hall–Kier alpha value is -3.35. The molecule has 1 aliphatic heterocycles. The summed E-state index contributed by atoms with van der Waals surface area (Å²) in [4.78, 5) is 28.3. The first kappa shape index (κ1) is 16.1. The maximum atomic E-state index is 12.0. The summed E-state index contributed by atoms with van der Waals surface area (Å²) < 4.78 is 17.3. The van der Waals surface area contributed by atoms with Gasteiger partial charge in [0, 0.05) is 18.7 Å². The number of hydrogen-bond donors (Lipinski definition) is 0. The highest BCUT2D eigenvalue weighted by Crippen LogP contribution is 2.32. The first-order chi connectivity index (χ1) is 12.7. The summed E-state index contributed by atoms with van der Waals surface area (Å²) in [6.45, 7) is 0.195. The molecule has 0 unspecified atom stereocenters. The monoisotopic (exact) mass is 352 g/mol. The highest BCUT2D eigenvalue weighted by Gasteiger charge is 2.14. The molecule has 0 aliphatic carbocycles. The van der Waals surface area contributed by atoms with Gasteiger partial charge in [0.2, 0.25) is 6.79 Å². The van der Waals surface area contributed by atoms with Gasteiger partial charge in [-0.25, -0.2) is 4.98 Å². The molecule has 1 aliphatic rings. The summed E-state index contributed by atoms with van der Waals surface area (Å²) in [6, 6.07) is 12.2. The summed E-state index contributed by atoms with van der Waals surface area (Å²) >= 11 is 0. The second-order valence-corrected chi connectivity index (χ2v) is 5.86. The number of rotatable bonds is 5. The Morgan fingerprint density at radius 2 is 2.04 bits per heavy atom. The van der Waals surface area contributed by atoms with Crippen LogP contribution in [-0.4, -0.2) is 22.1 Å². The minimum absolute atomic E-state index is 0.0272. The number of esters is 1. The van der Waals surface area contributed by atoms with E-state index in [2.05, 4.69) is 4.98 Å². The molecule has 7 heteroatoms.